The molecule has 2 aromatic rings. The van der Waals surface area contributed by atoms with Gasteiger partial charge < -0.3 is 15.2 Å². The van der Waals surface area contributed by atoms with Crippen LogP contribution in [0.25, 0.3) is 0 Å². The molecule has 3 heterocycles. The van der Waals surface area contributed by atoms with Gasteiger partial charge in [-0.25, -0.2) is 4.98 Å². The van der Waals surface area contributed by atoms with Crippen LogP contribution in [0.3, 0.4) is 0 Å². The molecular formula is C16H20N4O2S. The van der Waals surface area contributed by atoms with E-state index in [1.807, 2.05) is 6.07 Å². The second-order valence-corrected chi connectivity index (χ2v) is 6.79. The van der Waals surface area contributed by atoms with E-state index in [0.29, 0.717) is 23.7 Å². The van der Waals surface area contributed by atoms with Gasteiger partial charge in [-0.05, 0) is 30.9 Å². The highest BCUT2D eigenvalue weighted by molar-refractivity contribution is 7.07. The van der Waals surface area contributed by atoms with Crippen molar-refractivity contribution in [3.8, 4) is 0 Å². The third kappa shape index (κ3) is 3.98. The fraction of sp³-hybridized carbons (Fsp3) is 0.438. The predicted molar refractivity (Wildman–Crippen MR) is 91.0 cm³/mol. The second kappa shape index (κ2) is 6.95. The molecule has 1 fully saturated rings. The van der Waals surface area contributed by atoms with Gasteiger partial charge in [0.2, 0.25) is 0 Å². The molecule has 1 saturated heterocycles. The Morgan fingerprint density at radius 1 is 1.57 bits per heavy atom. The highest BCUT2D eigenvalue weighted by Crippen LogP contribution is 2.21. The summed E-state index contributed by atoms with van der Waals surface area (Å²) >= 11 is 1.09. The SMILES string of the molecule is CC1CCCN(c2cc(C(=O)NCc3csc(=O)[nH]3)ccn2)C1. The minimum absolute atomic E-state index is 0.111. The van der Waals surface area contributed by atoms with Crippen molar-refractivity contribution in [3.05, 3.63) is 44.6 Å². The highest BCUT2D eigenvalue weighted by Gasteiger charge is 2.18. The van der Waals surface area contributed by atoms with E-state index < -0.39 is 0 Å². The van der Waals surface area contributed by atoms with Crippen LogP contribution in [0.4, 0.5) is 5.82 Å². The van der Waals surface area contributed by atoms with Crippen LogP contribution in [0.1, 0.15) is 35.8 Å². The largest absolute Gasteiger partial charge is 0.356 e. The van der Waals surface area contributed by atoms with Crippen LogP contribution in [0, 0.1) is 5.92 Å². The smallest absolute Gasteiger partial charge is 0.304 e. The third-order valence-electron chi connectivity index (χ3n) is 4.00. The van der Waals surface area contributed by atoms with E-state index in [2.05, 4.69) is 27.1 Å². The maximum Gasteiger partial charge on any atom is 0.304 e. The predicted octanol–water partition coefficient (Wildman–Crippen LogP) is 2.00. The monoisotopic (exact) mass is 332 g/mol. The number of nitrogens with one attached hydrogen (secondary N) is 2. The van der Waals surface area contributed by atoms with Crippen LogP contribution in [0.2, 0.25) is 0 Å². The first-order chi connectivity index (χ1) is 11.1. The van der Waals surface area contributed by atoms with Crippen molar-refractivity contribution in [2.75, 3.05) is 18.0 Å². The summed E-state index contributed by atoms with van der Waals surface area (Å²) in [6, 6.07) is 3.55. The Bertz CT molecular complexity index is 739. The number of aromatic nitrogens is 2. The van der Waals surface area contributed by atoms with E-state index in [9.17, 15) is 9.59 Å². The average molecular weight is 332 g/mol. The summed E-state index contributed by atoms with van der Waals surface area (Å²) in [5, 5.41) is 4.54. The van der Waals surface area contributed by atoms with Gasteiger partial charge in [-0.2, -0.15) is 0 Å². The standard InChI is InChI=1S/C16H20N4O2S/c1-11-3-2-6-20(9-11)14-7-12(4-5-17-14)15(21)18-8-13-10-23-16(22)19-13/h4-5,7,10-11H,2-3,6,8-9H2,1H3,(H,18,21)(H,19,22). The lowest BCUT2D eigenvalue weighted by Crippen LogP contribution is -2.35. The summed E-state index contributed by atoms with van der Waals surface area (Å²) in [4.78, 5) is 32.6. The highest BCUT2D eigenvalue weighted by atomic mass is 32.1. The molecule has 1 atom stereocenters. The molecule has 0 bridgehead atoms. The van der Waals surface area contributed by atoms with E-state index in [1.54, 1.807) is 17.6 Å². The number of carbonyl (C=O) groups excluding carboxylic acids is 1. The number of anilines is 1. The Hall–Kier alpha value is -2.15. The van der Waals surface area contributed by atoms with Crippen molar-refractivity contribution >= 4 is 23.1 Å². The zero-order valence-electron chi connectivity index (χ0n) is 13.0. The van der Waals surface area contributed by atoms with Gasteiger partial charge in [0, 0.05) is 35.9 Å². The summed E-state index contributed by atoms with van der Waals surface area (Å²) in [5.74, 6) is 1.34. The van der Waals surface area contributed by atoms with Crippen molar-refractivity contribution in [1.82, 2.24) is 15.3 Å². The van der Waals surface area contributed by atoms with E-state index >= 15 is 0 Å². The summed E-state index contributed by atoms with van der Waals surface area (Å²) < 4.78 is 0. The molecule has 0 saturated carbocycles. The lowest BCUT2D eigenvalue weighted by atomic mass is 10.0. The van der Waals surface area contributed by atoms with Gasteiger partial charge in [-0.3, -0.25) is 9.59 Å². The molecule has 0 aromatic carbocycles. The molecule has 1 amide bonds. The zero-order chi connectivity index (χ0) is 16.2. The van der Waals surface area contributed by atoms with Gasteiger partial charge >= 0.3 is 4.87 Å². The van der Waals surface area contributed by atoms with Gasteiger partial charge in [0.25, 0.3) is 5.91 Å². The van der Waals surface area contributed by atoms with Gasteiger partial charge in [-0.1, -0.05) is 18.3 Å². The molecule has 0 radical (unpaired) electrons. The third-order valence-corrected chi connectivity index (χ3v) is 4.72. The van der Waals surface area contributed by atoms with Crippen molar-refractivity contribution in [2.24, 2.45) is 5.92 Å². The van der Waals surface area contributed by atoms with E-state index in [0.717, 1.165) is 36.7 Å². The van der Waals surface area contributed by atoms with Gasteiger partial charge in [0.15, 0.2) is 0 Å². The Labute approximate surface area is 138 Å². The Kier molecular flexibility index (Phi) is 4.76. The molecule has 122 valence electrons. The molecular weight excluding hydrogens is 312 g/mol. The molecule has 1 aliphatic rings. The Balaban J connectivity index is 1.66. The summed E-state index contributed by atoms with van der Waals surface area (Å²) in [6.07, 6.45) is 4.08. The molecule has 3 rings (SSSR count). The van der Waals surface area contributed by atoms with Crippen LogP contribution in [-0.2, 0) is 6.54 Å². The summed E-state index contributed by atoms with van der Waals surface area (Å²) in [5.41, 5.74) is 1.30. The van der Waals surface area contributed by atoms with Crippen molar-refractivity contribution in [3.63, 3.8) is 0 Å². The molecule has 1 unspecified atom stereocenters. The van der Waals surface area contributed by atoms with Crippen molar-refractivity contribution in [1.29, 1.82) is 0 Å². The number of carbonyl (C=O) groups is 1. The Morgan fingerprint density at radius 3 is 3.17 bits per heavy atom. The average Bonchev–Trinajstić information content (AvgIpc) is 2.98. The van der Waals surface area contributed by atoms with E-state index in [-0.39, 0.29) is 10.8 Å². The molecule has 6 nitrogen and oxygen atoms in total. The van der Waals surface area contributed by atoms with Crippen molar-refractivity contribution < 1.29 is 4.79 Å². The lowest BCUT2D eigenvalue weighted by molar-refractivity contribution is 0.0950. The number of aromatic amines is 1. The number of piperidine rings is 1. The second-order valence-electron chi connectivity index (χ2n) is 5.95. The lowest BCUT2D eigenvalue weighted by Gasteiger charge is -2.31. The minimum atomic E-state index is -0.161. The van der Waals surface area contributed by atoms with Gasteiger partial charge in [0.1, 0.15) is 5.82 Å². The number of rotatable bonds is 4. The van der Waals surface area contributed by atoms with Gasteiger partial charge in [0.05, 0.1) is 6.54 Å². The Morgan fingerprint density at radius 2 is 2.43 bits per heavy atom. The molecule has 2 N–H and O–H groups in total. The first-order valence-corrected chi connectivity index (χ1v) is 8.65. The first-order valence-electron chi connectivity index (χ1n) is 7.77. The molecule has 1 aliphatic heterocycles. The molecule has 7 heteroatoms. The normalized spacial score (nSPS) is 18.0. The van der Waals surface area contributed by atoms with Crippen LogP contribution in [0.5, 0.6) is 0 Å². The van der Waals surface area contributed by atoms with Crippen LogP contribution in [-0.4, -0.2) is 29.0 Å². The maximum absolute atomic E-state index is 12.3. The minimum Gasteiger partial charge on any atom is -0.356 e. The molecule has 0 aliphatic carbocycles. The number of pyridine rings is 1. The number of amides is 1. The number of H-pyrrole nitrogens is 1. The number of nitrogens with zero attached hydrogens (tertiary/aromatic N) is 2. The maximum atomic E-state index is 12.3. The summed E-state index contributed by atoms with van der Waals surface area (Å²) in [6.45, 7) is 4.52. The van der Waals surface area contributed by atoms with E-state index in [4.69, 9.17) is 0 Å². The zero-order valence-corrected chi connectivity index (χ0v) is 13.9. The number of hydrogen-bond donors (Lipinski definition) is 2. The quantitative estimate of drug-likeness (QED) is 0.898. The fourth-order valence-electron chi connectivity index (χ4n) is 2.81. The topological polar surface area (TPSA) is 78.1 Å². The van der Waals surface area contributed by atoms with Crippen LogP contribution < -0.4 is 15.1 Å². The molecule has 23 heavy (non-hydrogen) atoms. The van der Waals surface area contributed by atoms with Crippen LogP contribution in [0.15, 0.2) is 28.5 Å². The first kappa shape index (κ1) is 15.7. The molecule has 0 spiro atoms. The van der Waals surface area contributed by atoms with E-state index in [1.165, 1.54) is 6.42 Å². The van der Waals surface area contributed by atoms with Crippen LogP contribution >= 0.6 is 11.3 Å². The summed E-state index contributed by atoms with van der Waals surface area (Å²) in [7, 11) is 0. The number of hydrogen-bond acceptors (Lipinski definition) is 5. The molecule has 2 aromatic heterocycles. The van der Waals surface area contributed by atoms with Crippen molar-refractivity contribution in [2.45, 2.75) is 26.3 Å². The number of thiazole rings is 1. The fourth-order valence-corrected chi connectivity index (χ4v) is 3.39. The van der Waals surface area contributed by atoms with Gasteiger partial charge in [-0.15, -0.1) is 0 Å².